The number of hydrogen-bond acceptors (Lipinski definition) is 2. The van der Waals surface area contributed by atoms with Crippen molar-refractivity contribution in [2.75, 3.05) is 26.2 Å². The van der Waals surface area contributed by atoms with Crippen molar-refractivity contribution in [2.24, 2.45) is 5.92 Å². The second-order valence-corrected chi connectivity index (χ2v) is 5.71. The molecule has 1 rings (SSSR count). The number of carbonyl (C=O) groups excluding carboxylic acids is 1. The van der Waals surface area contributed by atoms with Gasteiger partial charge in [0.25, 0.3) is 0 Å². The summed E-state index contributed by atoms with van der Waals surface area (Å²) in [5.74, 6) is -0.667. The van der Waals surface area contributed by atoms with Gasteiger partial charge in [-0.15, -0.1) is 0 Å². The summed E-state index contributed by atoms with van der Waals surface area (Å²) >= 11 is 0. The van der Waals surface area contributed by atoms with Crippen molar-refractivity contribution in [1.29, 1.82) is 0 Å². The Morgan fingerprint density at radius 2 is 1.63 bits per heavy atom. The van der Waals surface area contributed by atoms with Crippen molar-refractivity contribution < 1.29 is 14.7 Å². The largest absolute Gasteiger partial charge is 0.480 e. The highest BCUT2D eigenvalue weighted by Gasteiger charge is 2.23. The van der Waals surface area contributed by atoms with Crippen molar-refractivity contribution in [3.8, 4) is 0 Å². The topological polar surface area (TPSA) is 60.9 Å². The van der Waals surface area contributed by atoms with Gasteiger partial charge in [0.1, 0.15) is 6.54 Å². The summed E-state index contributed by atoms with van der Waals surface area (Å²) in [6, 6.07) is -0.113. The fraction of sp³-hybridized carbons (Fsp3) is 0.857. The number of likely N-dealkylation sites (tertiary alicyclic amines) is 1. The molecule has 0 radical (unpaired) electrons. The molecule has 0 atom stereocenters. The van der Waals surface area contributed by atoms with Gasteiger partial charge < -0.3 is 14.9 Å². The van der Waals surface area contributed by atoms with E-state index in [4.69, 9.17) is 5.11 Å². The molecule has 1 N–H and O–H groups in total. The average Bonchev–Trinajstić information content (AvgIpc) is 2.25. The lowest BCUT2D eigenvalue weighted by Crippen LogP contribution is -2.47. The molecule has 1 fully saturated rings. The minimum absolute atomic E-state index is 0.113. The van der Waals surface area contributed by atoms with Gasteiger partial charge in [0, 0.05) is 19.6 Å². The van der Waals surface area contributed by atoms with E-state index in [-0.39, 0.29) is 18.5 Å². The van der Waals surface area contributed by atoms with Crippen molar-refractivity contribution >= 4 is 12.0 Å². The zero-order valence-electron chi connectivity index (χ0n) is 12.1. The standard InChI is InChI=1S/C14H26N2O3/c1-12(2)10-16(11-13(17)18)14(19)15-8-6-4-3-5-7-9-15/h12H,3-11H2,1-2H3,(H,17,18). The van der Waals surface area contributed by atoms with Crippen LogP contribution in [0.5, 0.6) is 0 Å². The number of hydrogen-bond donors (Lipinski definition) is 1. The summed E-state index contributed by atoms with van der Waals surface area (Å²) in [4.78, 5) is 26.6. The van der Waals surface area contributed by atoms with Crippen LogP contribution in [0.1, 0.15) is 46.0 Å². The molecule has 0 aromatic rings. The van der Waals surface area contributed by atoms with Crippen LogP contribution in [0.3, 0.4) is 0 Å². The fourth-order valence-corrected chi connectivity index (χ4v) is 2.45. The molecule has 5 nitrogen and oxygen atoms in total. The molecule has 1 aliphatic heterocycles. The first-order valence-corrected chi connectivity index (χ1v) is 7.26. The summed E-state index contributed by atoms with van der Waals surface area (Å²) in [6.07, 6.45) is 5.61. The number of rotatable bonds is 4. The highest BCUT2D eigenvalue weighted by molar-refractivity contribution is 5.80. The second-order valence-electron chi connectivity index (χ2n) is 5.71. The van der Waals surface area contributed by atoms with Gasteiger partial charge >= 0.3 is 12.0 Å². The Labute approximate surface area is 115 Å². The van der Waals surface area contributed by atoms with Crippen LogP contribution in [0, 0.1) is 5.92 Å². The van der Waals surface area contributed by atoms with Crippen LogP contribution in [0.4, 0.5) is 4.79 Å². The van der Waals surface area contributed by atoms with Crippen molar-refractivity contribution in [3.05, 3.63) is 0 Å². The van der Waals surface area contributed by atoms with Crippen LogP contribution in [-0.2, 0) is 4.79 Å². The van der Waals surface area contributed by atoms with Crippen LogP contribution < -0.4 is 0 Å². The summed E-state index contributed by atoms with van der Waals surface area (Å²) in [7, 11) is 0. The molecule has 110 valence electrons. The third-order valence-electron chi connectivity index (χ3n) is 3.31. The third kappa shape index (κ3) is 5.94. The lowest BCUT2D eigenvalue weighted by Gasteiger charge is -2.31. The Morgan fingerprint density at radius 3 is 2.11 bits per heavy atom. The number of carboxylic acid groups (broad SMARTS) is 1. The third-order valence-corrected chi connectivity index (χ3v) is 3.31. The molecule has 0 aromatic heterocycles. The maximum Gasteiger partial charge on any atom is 0.323 e. The summed E-state index contributed by atoms with van der Waals surface area (Å²) < 4.78 is 0. The molecule has 0 aliphatic carbocycles. The van der Waals surface area contributed by atoms with Gasteiger partial charge in [-0.25, -0.2) is 4.79 Å². The van der Waals surface area contributed by atoms with Crippen LogP contribution >= 0.6 is 0 Å². The van der Waals surface area contributed by atoms with E-state index in [1.165, 1.54) is 11.3 Å². The Morgan fingerprint density at radius 1 is 1.11 bits per heavy atom. The van der Waals surface area contributed by atoms with E-state index in [9.17, 15) is 9.59 Å². The highest BCUT2D eigenvalue weighted by Crippen LogP contribution is 2.13. The molecule has 0 bridgehead atoms. The van der Waals surface area contributed by atoms with E-state index >= 15 is 0 Å². The van der Waals surface area contributed by atoms with E-state index in [1.807, 2.05) is 18.7 Å². The Balaban J connectivity index is 2.63. The van der Waals surface area contributed by atoms with Crippen LogP contribution in [0.25, 0.3) is 0 Å². The molecule has 1 aliphatic rings. The lowest BCUT2D eigenvalue weighted by atomic mass is 10.1. The molecule has 19 heavy (non-hydrogen) atoms. The SMILES string of the molecule is CC(C)CN(CC(=O)O)C(=O)N1CCCCCCC1. The van der Waals surface area contributed by atoms with Gasteiger partial charge in [0.05, 0.1) is 0 Å². The van der Waals surface area contributed by atoms with Crippen LogP contribution in [0.15, 0.2) is 0 Å². The maximum atomic E-state index is 12.4. The van der Waals surface area contributed by atoms with E-state index in [1.54, 1.807) is 0 Å². The van der Waals surface area contributed by atoms with Gasteiger partial charge in [-0.1, -0.05) is 33.1 Å². The molecule has 1 saturated heterocycles. The quantitative estimate of drug-likeness (QED) is 0.853. The highest BCUT2D eigenvalue weighted by atomic mass is 16.4. The van der Waals surface area contributed by atoms with Gasteiger partial charge in [0.15, 0.2) is 0 Å². The van der Waals surface area contributed by atoms with E-state index in [0.29, 0.717) is 6.54 Å². The first-order valence-electron chi connectivity index (χ1n) is 7.26. The fourth-order valence-electron chi connectivity index (χ4n) is 2.45. The minimum atomic E-state index is -0.943. The number of amides is 2. The second kappa shape index (κ2) is 8.02. The number of urea groups is 1. The van der Waals surface area contributed by atoms with E-state index < -0.39 is 5.97 Å². The summed E-state index contributed by atoms with van der Waals surface area (Å²) in [5.41, 5.74) is 0. The van der Waals surface area contributed by atoms with Crippen molar-refractivity contribution in [2.45, 2.75) is 46.0 Å². The molecule has 0 saturated carbocycles. The monoisotopic (exact) mass is 270 g/mol. The Bertz CT molecular complexity index is 297. The first kappa shape index (κ1) is 15.8. The van der Waals surface area contributed by atoms with Gasteiger partial charge in [-0.05, 0) is 18.8 Å². The van der Waals surface area contributed by atoms with E-state index in [2.05, 4.69) is 0 Å². The average molecular weight is 270 g/mol. The van der Waals surface area contributed by atoms with Gasteiger partial charge in [0.2, 0.25) is 0 Å². The van der Waals surface area contributed by atoms with Crippen LogP contribution in [0.2, 0.25) is 0 Å². The van der Waals surface area contributed by atoms with Crippen molar-refractivity contribution in [1.82, 2.24) is 9.80 Å². The number of carbonyl (C=O) groups is 2. The van der Waals surface area contributed by atoms with Crippen molar-refractivity contribution in [3.63, 3.8) is 0 Å². The molecular formula is C14H26N2O3. The lowest BCUT2D eigenvalue weighted by molar-refractivity contribution is -0.137. The van der Waals surface area contributed by atoms with Crippen LogP contribution in [-0.4, -0.2) is 53.1 Å². The van der Waals surface area contributed by atoms with Gasteiger partial charge in [-0.2, -0.15) is 0 Å². The Hall–Kier alpha value is -1.26. The Kier molecular flexibility index (Phi) is 6.67. The zero-order valence-corrected chi connectivity index (χ0v) is 12.1. The molecule has 0 unspecified atom stereocenters. The molecule has 0 aromatic carbocycles. The number of aliphatic carboxylic acids is 1. The first-order chi connectivity index (χ1) is 9.00. The zero-order chi connectivity index (χ0) is 14.3. The summed E-state index contributed by atoms with van der Waals surface area (Å²) in [6.45, 7) is 5.81. The van der Waals surface area contributed by atoms with E-state index in [0.717, 1.165) is 38.8 Å². The predicted molar refractivity (Wildman–Crippen MR) is 74.1 cm³/mol. The number of carboxylic acids is 1. The molecule has 5 heteroatoms. The molecule has 0 spiro atoms. The number of nitrogens with zero attached hydrogens (tertiary/aromatic N) is 2. The molecular weight excluding hydrogens is 244 g/mol. The molecule has 2 amide bonds. The normalized spacial score (nSPS) is 16.9. The minimum Gasteiger partial charge on any atom is -0.480 e. The molecule has 1 heterocycles. The summed E-state index contributed by atoms with van der Waals surface area (Å²) in [5, 5.41) is 8.93. The maximum absolute atomic E-state index is 12.4. The predicted octanol–water partition coefficient (Wildman–Crippen LogP) is 2.42. The van der Waals surface area contributed by atoms with Gasteiger partial charge in [-0.3, -0.25) is 4.79 Å². The smallest absolute Gasteiger partial charge is 0.323 e.